The van der Waals surface area contributed by atoms with Gasteiger partial charge in [0.25, 0.3) is 0 Å². The molecule has 0 spiro atoms. The topological polar surface area (TPSA) is 36.9 Å². The van der Waals surface area contributed by atoms with Crippen molar-refractivity contribution in [2.24, 2.45) is 0 Å². The molecule has 2 unspecified atom stereocenters. The van der Waals surface area contributed by atoms with Crippen molar-refractivity contribution in [1.82, 2.24) is 0 Å². The van der Waals surface area contributed by atoms with Gasteiger partial charge in [0.15, 0.2) is 5.60 Å². The van der Waals surface area contributed by atoms with E-state index in [9.17, 15) is 0 Å². The van der Waals surface area contributed by atoms with Gasteiger partial charge < -0.3 is 18.9 Å². The number of hydrogen-bond donors (Lipinski definition) is 0. The molecule has 2 bridgehead atoms. The third-order valence-electron chi connectivity index (χ3n) is 4.15. The van der Waals surface area contributed by atoms with Crippen LogP contribution >= 0.6 is 0 Å². The molecule has 5 heteroatoms. The van der Waals surface area contributed by atoms with E-state index in [-0.39, 0.29) is 29.9 Å². The Kier molecular flexibility index (Phi) is 2.86. The first-order chi connectivity index (χ1) is 7.40. The van der Waals surface area contributed by atoms with Gasteiger partial charge in [-0.25, -0.2) is 0 Å². The Hall–Kier alpha value is -0.0951. The minimum Gasteiger partial charge on any atom is -0.379 e. The highest BCUT2D eigenvalue weighted by molar-refractivity contribution is 6.11. The van der Waals surface area contributed by atoms with Crippen molar-refractivity contribution in [3.05, 3.63) is 0 Å². The maximum atomic E-state index is 6.14. The van der Waals surface area contributed by atoms with Gasteiger partial charge in [0, 0.05) is 14.2 Å². The van der Waals surface area contributed by atoms with Gasteiger partial charge in [0.1, 0.15) is 20.1 Å². The van der Waals surface area contributed by atoms with E-state index in [0.29, 0.717) is 0 Å². The zero-order chi connectivity index (χ0) is 12.1. The summed E-state index contributed by atoms with van der Waals surface area (Å²) >= 11 is 0. The van der Waals surface area contributed by atoms with Gasteiger partial charge in [0.2, 0.25) is 0 Å². The maximum Gasteiger partial charge on any atom is 0.150 e. The van der Waals surface area contributed by atoms with Gasteiger partial charge in [-0.2, -0.15) is 0 Å². The van der Waals surface area contributed by atoms with Crippen LogP contribution in [0.3, 0.4) is 0 Å². The molecule has 0 N–H and O–H groups in total. The molecule has 2 saturated heterocycles. The Bertz CT molecular complexity index is 283. The van der Waals surface area contributed by atoms with Crippen LogP contribution in [0.15, 0.2) is 0 Å². The molecule has 0 radical (unpaired) electrons. The lowest BCUT2D eigenvalue weighted by molar-refractivity contribution is -0.244. The summed E-state index contributed by atoms with van der Waals surface area (Å²) in [4.78, 5) is 0. The summed E-state index contributed by atoms with van der Waals surface area (Å²) in [7, 11) is 5.43. The number of methoxy groups -OCH3 is 2. The first-order valence-electron chi connectivity index (χ1n) is 5.82. The fraction of sp³-hybridized carbons (Fsp3) is 1.00. The van der Waals surface area contributed by atoms with E-state index in [4.69, 9.17) is 18.9 Å². The van der Waals surface area contributed by atoms with Crippen LogP contribution in [0, 0.1) is 0 Å². The maximum absolute atomic E-state index is 6.14. The lowest BCUT2D eigenvalue weighted by Crippen LogP contribution is -2.62. The van der Waals surface area contributed by atoms with Crippen molar-refractivity contribution in [2.45, 2.75) is 56.3 Å². The van der Waals surface area contributed by atoms with Gasteiger partial charge >= 0.3 is 0 Å². The molecule has 2 aliphatic rings. The van der Waals surface area contributed by atoms with Crippen molar-refractivity contribution in [3.63, 3.8) is 0 Å². The van der Waals surface area contributed by atoms with E-state index < -0.39 is 5.60 Å². The van der Waals surface area contributed by atoms with E-state index in [1.54, 1.807) is 14.2 Å². The SMILES string of the molecule is B[C@@H]1O[C@@]2(C(C)OC)C(OC)[C@@H]1OC2(C)C. The Morgan fingerprint density at radius 2 is 1.88 bits per heavy atom. The lowest BCUT2D eigenvalue weighted by atomic mass is 9.79. The molecule has 2 rings (SSSR count). The van der Waals surface area contributed by atoms with Crippen LogP contribution in [0.2, 0.25) is 0 Å². The third-order valence-corrected chi connectivity index (χ3v) is 4.15. The van der Waals surface area contributed by atoms with E-state index in [2.05, 4.69) is 0 Å². The van der Waals surface area contributed by atoms with Crippen LogP contribution in [0.4, 0.5) is 0 Å². The van der Waals surface area contributed by atoms with Gasteiger partial charge in [-0.05, 0) is 20.8 Å². The minimum atomic E-state index is -0.513. The monoisotopic (exact) mass is 228 g/mol. The first-order valence-corrected chi connectivity index (χ1v) is 5.82. The Labute approximate surface area is 98.0 Å². The third kappa shape index (κ3) is 1.26. The van der Waals surface area contributed by atoms with Gasteiger partial charge in [0.05, 0.1) is 17.7 Å². The van der Waals surface area contributed by atoms with Crippen LogP contribution in [0.1, 0.15) is 20.8 Å². The summed E-state index contributed by atoms with van der Waals surface area (Å²) in [5.41, 5.74) is -0.902. The molecule has 0 aromatic rings. The molecule has 2 fully saturated rings. The molecule has 92 valence electrons. The quantitative estimate of drug-likeness (QED) is 0.634. The average molecular weight is 228 g/mol. The Morgan fingerprint density at radius 1 is 1.25 bits per heavy atom. The number of rotatable bonds is 3. The van der Waals surface area contributed by atoms with Gasteiger partial charge in [-0.3, -0.25) is 0 Å². The summed E-state index contributed by atoms with van der Waals surface area (Å²) in [6, 6.07) is 0.0515. The van der Waals surface area contributed by atoms with E-state index in [1.807, 2.05) is 28.6 Å². The molecule has 0 amide bonds. The van der Waals surface area contributed by atoms with Crippen molar-refractivity contribution in [3.8, 4) is 0 Å². The normalized spacial score (nSPS) is 47.2. The van der Waals surface area contributed by atoms with E-state index >= 15 is 0 Å². The molecular weight excluding hydrogens is 207 g/mol. The molecular formula is C11H21BO4. The lowest BCUT2D eigenvalue weighted by Gasteiger charge is -2.46. The zero-order valence-corrected chi connectivity index (χ0v) is 10.9. The van der Waals surface area contributed by atoms with Crippen molar-refractivity contribution < 1.29 is 18.9 Å². The van der Waals surface area contributed by atoms with Crippen molar-refractivity contribution in [1.29, 1.82) is 0 Å². The van der Waals surface area contributed by atoms with E-state index in [1.165, 1.54) is 0 Å². The molecule has 2 heterocycles. The van der Waals surface area contributed by atoms with Crippen molar-refractivity contribution in [2.75, 3.05) is 14.2 Å². The number of ether oxygens (including phenoxy) is 4. The summed E-state index contributed by atoms with van der Waals surface area (Å²) < 4.78 is 23.3. The second-order valence-corrected chi connectivity index (χ2v) is 5.24. The van der Waals surface area contributed by atoms with Gasteiger partial charge in [-0.1, -0.05) is 0 Å². The summed E-state index contributed by atoms with van der Waals surface area (Å²) in [5.74, 6) is 0. The summed E-state index contributed by atoms with van der Waals surface area (Å²) in [5, 5.41) is 0. The second kappa shape index (κ2) is 3.70. The standard InChI is InChI=1S/C11H21BO4/c1-6(13-4)11-8(14-5)7(9(12)16-11)15-10(11,2)3/h6-9H,12H2,1-5H3/t6?,7-,8?,9+,11-/m0/s1. The van der Waals surface area contributed by atoms with Gasteiger partial charge in [-0.15, -0.1) is 0 Å². The molecule has 16 heavy (non-hydrogen) atoms. The highest BCUT2D eigenvalue weighted by Crippen LogP contribution is 2.53. The number of fused-ring (bicyclic) bond motifs is 2. The molecule has 0 aromatic heterocycles. The smallest absolute Gasteiger partial charge is 0.150 e. The van der Waals surface area contributed by atoms with Crippen LogP contribution in [0.5, 0.6) is 0 Å². The Balaban J connectivity index is 2.43. The summed E-state index contributed by atoms with van der Waals surface area (Å²) in [6.45, 7) is 6.10. The second-order valence-electron chi connectivity index (χ2n) is 5.24. The molecule has 0 aromatic carbocycles. The van der Waals surface area contributed by atoms with Crippen LogP contribution in [-0.4, -0.2) is 57.6 Å². The fourth-order valence-corrected chi connectivity index (χ4v) is 3.31. The predicted molar refractivity (Wildman–Crippen MR) is 62.4 cm³/mol. The summed E-state index contributed by atoms with van der Waals surface area (Å²) in [6.07, 6.45) is -0.132. The van der Waals surface area contributed by atoms with Crippen LogP contribution < -0.4 is 0 Å². The first kappa shape index (κ1) is 12.4. The average Bonchev–Trinajstić information content (AvgIpc) is 2.62. The highest BCUT2D eigenvalue weighted by Gasteiger charge is 2.71. The molecule has 2 aliphatic heterocycles. The molecule has 5 atom stereocenters. The number of hydrogen-bond acceptors (Lipinski definition) is 4. The molecule has 4 nitrogen and oxygen atoms in total. The Morgan fingerprint density at radius 3 is 2.38 bits per heavy atom. The largest absolute Gasteiger partial charge is 0.379 e. The van der Waals surface area contributed by atoms with Crippen LogP contribution in [0.25, 0.3) is 0 Å². The van der Waals surface area contributed by atoms with Crippen molar-refractivity contribution >= 4 is 7.85 Å². The van der Waals surface area contributed by atoms with E-state index in [0.717, 1.165) is 0 Å². The predicted octanol–water partition coefficient (Wildman–Crippen LogP) is -0.0581. The minimum absolute atomic E-state index is 0.00222. The molecule has 0 saturated carbocycles. The zero-order valence-electron chi connectivity index (χ0n) is 10.9. The fourth-order valence-electron chi connectivity index (χ4n) is 3.31. The molecule has 0 aliphatic carbocycles. The highest BCUT2D eigenvalue weighted by atomic mass is 16.7. The van der Waals surface area contributed by atoms with Crippen LogP contribution in [-0.2, 0) is 18.9 Å².